The van der Waals surface area contributed by atoms with Crippen LogP contribution in [0.3, 0.4) is 0 Å². The van der Waals surface area contributed by atoms with Crippen LogP contribution in [-0.4, -0.2) is 62.4 Å². The van der Waals surface area contributed by atoms with Crippen LogP contribution < -0.4 is 4.74 Å². The first-order valence-electron chi connectivity index (χ1n) is 6.69. The van der Waals surface area contributed by atoms with E-state index in [1.807, 2.05) is 19.1 Å². The van der Waals surface area contributed by atoms with E-state index < -0.39 is 6.10 Å². The molecule has 5 nitrogen and oxygen atoms in total. The van der Waals surface area contributed by atoms with Gasteiger partial charge in [0.25, 0.3) is 0 Å². The van der Waals surface area contributed by atoms with Crippen LogP contribution >= 0.6 is 0 Å². The minimum absolute atomic E-state index is 0.0267. The predicted molar refractivity (Wildman–Crippen MR) is 77.3 cm³/mol. The van der Waals surface area contributed by atoms with E-state index in [0.29, 0.717) is 24.5 Å². The quantitative estimate of drug-likeness (QED) is 0.689. The highest BCUT2D eigenvalue weighted by molar-refractivity contribution is 6.00. The minimum atomic E-state index is -0.597. The highest BCUT2D eigenvalue weighted by Gasteiger charge is 2.16. The van der Waals surface area contributed by atoms with E-state index in [1.165, 1.54) is 7.11 Å². The molecule has 0 heterocycles. The van der Waals surface area contributed by atoms with Crippen LogP contribution in [0.15, 0.2) is 24.3 Å². The van der Waals surface area contributed by atoms with E-state index >= 15 is 0 Å². The average Bonchev–Trinajstić information content (AvgIpc) is 2.39. The summed E-state index contributed by atoms with van der Waals surface area (Å²) in [5.41, 5.74) is 0.572. The van der Waals surface area contributed by atoms with E-state index in [0.717, 1.165) is 0 Å². The summed E-state index contributed by atoms with van der Waals surface area (Å²) in [6, 6.07) is 7.20. The number of likely N-dealkylation sites (N-methyl/N-ethyl adjacent to an activating group) is 1. The van der Waals surface area contributed by atoms with Gasteiger partial charge >= 0.3 is 0 Å². The lowest BCUT2D eigenvalue weighted by Gasteiger charge is -2.19. The Hall–Kier alpha value is -1.43. The maximum Gasteiger partial charge on any atom is 0.180 e. The summed E-state index contributed by atoms with van der Waals surface area (Å²) >= 11 is 0. The molecule has 1 aromatic carbocycles. The SMILES string of the molecule is CCOc1ccccc1C(=O)CN(C)CC(O)COC. The first-order valence-corrected chi connectivity index (χ1v) is 6.69. The maximum atomic E-state index is 12.3. The molecule has 0 aliphatic rings. The topological polar surface area (TPSA) is 59.0 Å². The lowest BCUT2D eigenvalue weighted by atomic mass is 10.1. The number of hydrogen-bond donors (Lipinski definition) is 1. The molecule has 112 valence electrons. The van der Waals surface area contributed by atoms with Crippen molar-refractivity contribution < 1.29 is 19.4 Å². The van der Waals surface area contributed by atoms with Crippen LogP contribution in [0.1, 0.15) is 17.3 Å². The van der Waals surface area contributed by atoms with Gasteiger partial charge in [-0.05, 0) is 26.1 Å². The molecule has 1 unspecified atom stereocenters. The number of hydrogen-bond acceptors (Lipinski definition) is 5. The number of ether oxygens (including phenoxy) is 2. The van der Waals surface area contributed by atoms with Gasteiger partial charge in [-0.2, -0.15) is 0 Å². The van der Waals surface area contributed by atoms with E-state index in [2.05, 4.69) is 0 Å². The minimum Gasteiger partial charge on any atom is -0.493 e. The molecule has 1 N–H and O–H groups in total. The number of ketones is 1. The summed E-state index contributed by atoms with van der Waals surface area (Å²) < 4.78 is 10.3. The van der Waals surface area contributed by atoms with Gasteiger partial charge < -0.3 is 14.6 Å². The summed E-state index contributed by atoms with van der Waals surface area (Å²) in [6.07, 6.45) is -0.597. The average molecular weight is 281 g/mol. The molecule has 0 amide bonds. The van der Waals surface area contributed by atoms with Gasteiger partial charge in [0.15, 0.2) is 5.78 Å². The zero-order valence-corrected chi connectivity index (χ0v) is 12.3. The van der Waals surface area contributed by atoms with Crippen molar-refractivity contribution in [3.63, 3.8) is 0 Å². The lowest BCUT2D eigenvalue weighted by molar-refractivity contribution is 0.0427. The number of rotatable bonds is 9. The van der Waals surface area contributed by atoms with Gasteiger partial charge in [-0.25, -0.2) is 0 Å². The van der Waals surface area contributed by atoms with Crippen molar-refractivity contribution in [3.05, 3.63) is 29.8 Å². The summed E-state index contributed by atoms with van der Waals surface area (Å²) in [4.78, 5) is 14.0. The van der Waals surface area contributed by atoms with Gasteiger partial charge in [0.05, 0.1) is 31.4 Å². The molecule has 1 rings (SSSR count). The fraction of sp³-hybridized carbons (Fsp3) is 0.533. The second kappa shape index (κ2) is 8.68. The van der Waals surface area contributed by atoms with Crippen LogP contribution in [-0.2, 0) is 4.74 Å². The molecule has 0 saturated carbocycles. The molecule has 0 bridgehead atoms. The van der Waals surface area contributed by atoms with Gasteiger partial charge in [-0.1, -0.05) is 12.1 Å². The van der Waals surface area contributed by atoms with Crippen molar-refractivity contribution in [2.75, 3.05) is 40.5 Å². The number of methoxy groups -OCH3 is 1. The molecule has 0 aromatic heterocycles. The van der Waals surface area contributed by atoms with Crippen molar-refractivity contribution in [2.24, 2.45) is 0 Å². The second-order valence-corrected chi connectivity index (χ2v) is 4.66. The standard InChI is InChI=1S/C15H23NO4/c1-4-20-15-8-6-5-7-13(15)14(18)10-16(2)9-12(17)11-19-3/h5-8,12,17H,4,9-11H2,1-3H3. The summed E-state index contributed by atoms with van der Waals surface area (Å²) in [6.45, 7) is 3.27. The van der Waals surface area contributed by atoms with Gasteiger partial charge in [0, 0.05) is 13.7 Å². The normalized spacial score (nSPS) is 12.4. The molecule has 0 aliphatic carbocycles. The molecule has 1 atom stereocenters. The fourth-order valence-electron chi connectivity index (χ4n) is 1.98. The number of Topliss-reactive ketones (excluding diaryl/α,β-unsaturated/α-hetero) is 1. The zero-order chi connectivity index (χ0) is 15.0. The molecular weight excluding hydrogens is 258 g/mol. The highest BCUT2D eigenvalue weighted by Crippen LogP contribution is 2.18. The molecular formula is C15H23NO4. The molecule has 0 saturated heterocycles. The highest BCUT2D eigenvalue weighted by atomic mass is 16.5. The van der Waals surface area contributed by atoms with Gasteiger partial charge in [-0.3, -0.25) is 9.69 Å². The molecule has 0 fully saturated rings. The van der Waals surface area contributed by atoms with Crippen molar-refractivity contribution >= 4 is 5.78 Å². The Morgan fingerprint density at radius 1 is 1.40 bits per heavy atom. The largest absolute Gasteiger partial charge is 0.493 e. The molecule has 0 radical (unpaired) electrons. The Labute approximate surface area is 120 Å². The molecule has 0 spiro atoms. The molecule has 0 aliphatic heterocycles. The van der Waals surface area contributed by atoms with Crippen molar-refractivity contribution in [1.82, 2.24) is 4.90 Å². The maximum absolute atomic E-state index is 12.3. The van der Waals surface area contributed by atoms with Crippen LogP contribution in [0.4, 0.5) is 0 Å². The van der Waals surface area contributed by atoms with Crippen molar-refractivity contribution in [1.29, 1.82) is 0 Å². The summed E-state index contributed by atoms with van der Waals surface area (Å²) in [7, 11) is 3.33. The third-order valence-electron chi connectivity index (χ3n) is 2.78. The van der Waals surface area contributed by atoms with Crippen LogP contribution in [0, 0.1) is 0 Å². The van der Waals surface area contributed by atoms with Gasteiger partial charge in [-0.15, -0.1) is 0 Å². The number of carbonyl (C=O) groups is 1. The summed E-state index contributed by atoms with van der Waals surface area (Å²) in [5, 5.41) is 9.64. The number of aliphatic hydroxyl groups is 1. The van der Waals surface area contributed by atoms with Crippen LogP contribution in [0.5, 0.6) is 5.75 Å². The Kier molecular flexibility index (Phi) is 7.22. The number of nitrogens with zero attached hydrogens (tertiary/aromatic N) is 1. The molecule has 20 heavy (non-hydrogen) atoms. The number of para-hydroxylation sites is 1. The fourth-order valence-corrected chi connectivity index (χ4v) is 1.98. The van der Waals surface area contributed by atoms with Gasteiger partial charge in [0.2, 0.25) is 0 Å². The number of carbonyl (C=O) groups excluding carboxylic acids is 1. The molecule has 5 heteroatoms. The first kappa shape index (κ1) is 16.6. The smallest absolute Gasteiger partial charge is 0.180 e. The lowest BCUT2D eigenvalue weighted by Crippen LogP contribution is -2.35. The first-order chi connectivity index (χ1) is 9.58. The predicted octanol–water partition coefficient (Wildman–Crippen LogP) is 1.21. The zero-order valence-electron chi connectivity index (χ0n) is 12.3. The third kappa shape index (κ3) is 5.28. The Bertz CT molecular complexity index is 422. The van der Waals surface area contributed by atoms with Crippen molar-refractivity contribution in [3.8, 4) is 5.75 Å². The monoisotopic (exact) mass is 281 g/mol. The van der Waals surface area contributed by atoms with E-state index in [-0.39, 0.29) is 18.9 Å². The van der Waals surface area contributed by atoms with Gasteiger partial charge in [0.1, 0.15) is 5.75 Å². The summed E-state index contributed by atoms with van der Waals surface area (Å²) in [5.74, 6) is 0.576. The number of benzene rings is 1. The third-order valence-corrected chi connectivity index (χ3v) is 2.78. The van der Waals surface area contributed by atoms with E-state index in [4.69, 9.17) is 9.47 Å². The van der Waals surface area contributed by atoms with E-state index in [1.54, 1.807) is 24.1 Å². The second-order valence-electron chi connectivity index (χ2n) is 4.66. The van der Waals surface area contributed by atoms with Crippen LogP contribution in [0.25, 0.3) is 0 Å². The Morgan fingerprint density at radius 2 is 2.10 bits per heavy atom. The van der Waals surface area contributed by atoms with E-state index in [9.17, 15) is 9.90 Å². The Morgan fingerprint density at radius 3 is 2.75 bits per heavy atom. The Balaban J connectivity index is 2.62. The van der Waals surface area contributed by atoms with Crippen LogP contribution in [0.2, 0.25) is 0 Å². The molecule has 1 aromatic rings. The van der Waals surface area contributed by atoms with Crippen molar-refractivity contribution in [2.45, 2.75) is 13.0 Å². The number of aliphatic hydroxyl groups excluding tert-OH is 1.